The van der Waals surface area contributed by atoms with E-state index in [1.54, 1.807) is 0 Å². The molecule has 0 aliphatic heterocycles. The summed E-state index contributed by atoms with van der Waals surface area (Å²) in [6.07, 6.45) is 9.62. The van der Waals surface area contributed by atoms with Gasteiger partial charge in [-0.3, -0.25) is 4.79 Å². The Labute approximate surface area is 131 Å². The molecule has 4 saturated carbocycles. The minimum Gasteiger partial charge on any atom is -0.351 e. The van der Waals surface area contributed by atoms with Crippen LogP contribution in [0.3, 0.4) is 0 Å². The first kappa shape index (κ1) is 14.9. The lowest BCUT2D eigenvalue weighted by molar-refractivity contribution is -0.129. The molecule has 0 radical (unpaired) electrons. The van der Waals surface area contributed by atoms with Crippen molar-refractivity contribution in [1.29, 1.82) is 0 Å². The van der Waals surface area contributed by atoms with Crippen LogP contribution in [0.15, 0.2) is 0 Å². The minimum absolute atomic E-state index is 0.0640. The number of amides is 1. The van der Waals surface area contributed by atoms with E-state index in [2.05, 4.69) is 42.0 Å². The molecule has 4 fully saturated rings. The third kappa shape index (κ3) is 2.80. The number of rotatable bonds is 4. The van der Waals surface area contributed by atoms with E-state index in [9.17, 15) is 4.79 Å². The van der Waals surface area contributed by atoms with Crippen LogP contribution in [0.4, 0.5) is 0 Å². The van der Waals surface area contributed by atoms with E-state index < -0.39 is 0 Å². The zero-order valence-corrected chi connectivity index (χ0v) is 14.7. The highest BCUT2D eigenvalue weighted by molar-refractivity contribution is 9.10. The molecule has 4 aliphatic rings. The Hall–Kier alpha value is -0.0500. The first-order chi connectivity index (χ1) is 9.23. The number of halogens is 1. The number of carbonyl (C=O) groups is 1. The Morgan fingerprint density at radius 3 is 2.35 bits per heavy atom. The van der Waals surface area contributed by atoms with Gasteiger partial charge in [-0.15, -0.1) is 0 Å². The maximum Gasteiger partial charge on any atom is 0.220 e. The van der Waals surface area contributed by atoms with Gasteiger partial charge in [0.1, 0.15) is 0 Å². The molecule has 0 aromatic carbocycles. The molecule has 2 atom stereocenters. The summed E-state index contributed by atoms with van der Waals surface area (Å²) in [6.45, 7) is 6.38. The van der Waals surface area contributed by atoms with Crippen LogP contribution < -0.4 is 5.32 Å². The Bertz CT molecular complexity index is 403. The van der Waals surface area contributed by atoms with Gasteiger partial charge in [-0.2, -0.15) is 0 Å². The number of hydrogen-bond donors (Lipinski definition) is 1. The van der Waals surface area contributed by atoms with E-state index in [0.717, 1.165) is 24.7 Å². The van der Waals surface area contributed by atoms with Crippen molar-refractivity contribution < 1.29 is 4.79 Å². The van der Waals surface area contributed by atoms with Crippen LogP contribution in [0.1, 0.15) is 72.1 Å². The van der Waals surface area contributed by atoms with Crippen molar-refractivity contribution in [2.24, 2.45) is 17.3 Å². The molecule has 4 bridgehead atoms. The molecule has 0 heterocycles. The number of alkyl halides is 1. The Balaban J connectivity index is 1.69. The van der Waals surface area contributed by atoms with Crippen LogP contribution >= 0.6 is 15.9 Å². The van der Waals surface area contributed by atoms with Gasteiger partial charge in [0.05, 0.1) is 0 Å². The average Bonchev–Trinajstić information content (AvgIpc) is 2.23. The van der Waals surface area contributed by atoms with E-state index in [-0.39, 0.29) is 11.4 Å². The summed E-state index contributed by atoms with van der Waals surface area (Å²) in [6, 6.07) is 0. The molecule has 1 amide bonds. The smallest absolute Gasteiger partial charge is 0.220 e. The van der Waals surface area contributed by atoms with Gasteiger partial charge >= 0.3 is 0 Å². The van der Waals surface area contributed by atoms with Crippen LogP contribution in [0, 0.1) is 17.3 Å². The van der Waals surface area contributed by atoms with E-state index in [1.807, 2.05) is 0 Å². The normalized spacial score (nSPS) is 42.8. The van der Waals surface area contributed by atoms with Gasteiger partial charge < -0.3 is 5.32 Å². The summed E-state index contributed by atoms with van der Waals surface area (Å²) in [5.41, 5.74) is 0.229. The maximum atomic E-state index is 12.5. The molecule has 3 heteroatoms. The average molecular weight is 342 g/mol. The van der Waals surface area contributed by atoms with Crippen LogP contribution in [0.25, 0.3) is 0 Å². The first-order valence-corrected chi connectivity index (χ1v) is 9.02. The highest BCUT2D eigenvalue weighted by atomic mass is 79.9. The van der Waals surface area contributed by atoms with Gasteiger partial charge in [-0.25, -0.2) is 0 Å². The highest BCUT2D eigenvalue weighted by Crippen LogP contribution is 2.65. The molecule has 0 aromatic heterocycles. The Morgan fingerprint density at radius 2 is 1.85 bits per heavy atom. The minimum atomic E-state index is -0.0640. The van der Waals surface area contributed by atoms with Crippen LogP contribution in [-0.2, 0) is 4.79 Å². The number of hydrogen-bond acceptors (Lipinski definition) is 1. The molecular weight excluding hydrogens is 314 g/mol. The monoisotopic (exact) mass is 341 g/mol. The third-order valence-corrected chi connectivity index (χ3v) is 6.94. The van der Waals surface area contributed by atoms with Gasteiger partial charge in [0.2, 0.25) is 5.91 Å². The summed E-state index contributed by atoms with van der Waals surface area (Å²) in [5, 5.41) is 3.24. The van der Waals surface area contributed by atoms with Crippen LogP contribution in [0.5, 0.6) is 0 Å². The fourth-order valence-electron chi connectivity index (χ4n) is 5.39. The SMILES string of the molecule is CCC(C)(C)NC(=O)CC12CC3CC(CC(Br)(C3)C1)C2. The lowest BCUT2D eigenvalue weighted by Crippen LogP contribution is -2.55. The summed E-state index contributed by atoms with van der Waals surface area (Å²) >= 11 is 4.03. The summed E-state index contributed by atoms with van der Waals surface area (Å²) in [7, 11) is 0. The molecule has 2 nitrogen and oxygen atoms in total. The summed E-state index contributed by atoms with van der Waals surface area (Å²) in [4.78, 5) is 12.5. The lowest BCUT2D eigenvalue weighted by Gasteiger charge is -2.60. The molecule has 4 rings (SSSR count). The molecule has 1 N–H and O–H groups in total. The highest BCUT2D eigenvalue weighted by Gasteiger charge is 2.57. The van der Waals surface area contributed by atoms with Gasteiger partial charge in [0.25, 0.3) is 0 Å². The second-order valence-electron chi connectivity index (χ2n) is 8.57. The zero-order chi connectivity index (χ0) is 14.6. The maximum absolute atomic E-state index is 12.5. The molecule has 20 heavy (non-hydrogen) atoms. The van der Waals surface area contributed by atoms with Crippen molar-refractivity contribution in [3.05, 3.63) is 0 Å². The van der Waals surface area contributed by atoms with Gasteiger partial charge in [0.15, 0.2) is 0 Å². The van der Waals surface area contributed by atoms with Crippen molar-refractivity contribution in [2.45, 2.75) is 82.0 Å². The van der Waals surface area contributed by atoms with Crippen molar-refractivity contribution in [3.63, 3.8) is 0 Å². The first-order valence-electron chi connectivity index (χ1n) is 8.23. The van der Waals surface area contributed by atoms with Gasteiger partial charge in [-0.05, 0) is 76.0 Å². The molecular formula is C17H28BrNO. The standard InChI is InChI=1S/C17H28BrNO/c1-4-15(2,3)19-14(20)10-16-6-12-5-13(7-16)9-17(18,8-12)11-16/h12-13H,4-11H2,1-3H3,(H,19,20). The molecule has 2 unspecified atom stereocenters. The fraction of sp³-hybridized carbons (Fsp3) is 0.941. The van der Waals surface area contributed by atoms with E-state index in [0.29, 0.717) is 9.74 Å². The fourth-order valence-corrected chi connectivity index (χ4v) is 6.90. The predicted octanol–water partition coefficient (Wildman–Crippen LogP) is 4.42. The quantitative estimate of drug-likeness (QED) is 0.753. The zero-order valence-electron chi connectivity index (χ0n) is 13.1. The van der Waals surface area contributed by atoms with Gasteiger partial charge in [0, 0.05) is 16.3 Å². The topological polar surface area (TPSA) is 29.1 Å². The Kier molecular flexibility index (Phi) is 3.51. The van der Waals surface area contributed by atoms with E-state index in [1.165, 1.54) is 38.5 Å². The molecule has 114 valence electrons. The largest absolute Gasteiger partial charge is 0.351 e. The second kappa shape index (κ2) is 4.72. The predicted molar refractivity (Wildman–Crippen MR) is 85.9 cm³/mol. The number of carbonyl (C=O) groups excluding carboxylic acids is 1. The summed E-state index contributed by atoms with van der Waals surface area (Å²) in [5.74, 6) is 2.00. The Morgan fingerprint density at radius 1 is 1.25 bits per heavy atom. The molecule has 0 spiro atoms. The van der Waals surface area contributed by atoms with Crippen molar-refractivity contribution >= 4 is 21.8 Å². The third-order valence-electron chi connectivity index (χ3n) is 6.01. The second-order valence-corrected chi connectivity index (χ2v) is 10.3. The lowest BCUT2D eigenvalue weighted by atomic mass is 9.48. The summed E-state index contributed by atoms with van der Waals surface area (Å²) < 4.78 is 0.359. The van der Waals surface area contributed by atoms with Crippen LogP contribution in [0.2, 0.25) is 0 Å². The van der Waals surface area contributed by atoms with E-state index >= 15 is 0 Å². The van der Waals surface area contributed by atoms with Crippen LogP contribution in [-0.4, -0.2) is 15.8 Å². The van der Waals surface area contributed by atoms with Crippen molar-refractivity contribution in [3.8, 4) is 0 Å². The molecule has 0 saturated heterocycles. The van der Waals surface area contributed by atoms with E-state index in [4.69, 9.17) is 0 Å². The van der Waals surface area contributed by atoms with Crippen molar-refractivity contribution in [1.82, 2.24) is 5.32 Å². The number of nitrogens with one attached hydrogen (secondary N) is 1. The molecule has 4 aliphatic carbocycles. The van der Waals surface area contributed by atoms with Gasteiger partial charge in [-0.1, -0.05) is 22.9 Å². The molecule has 0 aromatic rings. The van der Waals surface area contributed by atoms with Crippen molar-refractivity contribution in [2.75, 3.05) is 0 Å².